The van der Waals surface area contributed by atoms with E-state index in [9.17, 15) is 0 Å². The SMILES string of the molecule is COc1cc(Cl)c(C)c(CCCO)c1OC. The Hall–Kier alpha value is -0.930. The van der Waals surface area contributed by atoms with Crippen molar-refractivity contribution in [1.29, 1.82) is 0 Å². The summed E-state index contributed by atoms with van der Waals surface area (Å²) in [5.41, 5.74) is 1.98. The van der Waals surface area contributed by atoms with Gasteiger partial charge in [0.2, 0.25) is 0 Å². The maximum Gasteiger partial charge on any atom is 0.164 e. The molecule has 4 heteroatoms. The largest absolute Gasteiger partial charge is 0.493 e. The molecular formula is C12H17ClO3. The third-order valence-electron chi connectivity index (χ3n) is 2.58. The zero-order chi connectivity index (χ0) is 12.1. The molecule has 0 fully saturated rings. The van der Waals surface area contributed by atoms with Crippen LogP contribution in [0.4, 0.5) is 0 Å². The molecule has 1 aromatic rings. The highest BCUT2D eigenvalue weighted by atomic mass is 35.5. The molecule has 1 aromatic carbocycles. The Morgan fingerprint density at radius 3 is 2.50 bits per heavy atom. The molecule has 90 valence electrons. The lowest BCUT2D eigenvalue weighted by Gasteiger charge is -2.16. The summed E-state index contributed by atoms with van der Waals surface area (Å²) in [6.07, 6.45) is 1.41. The smallest absolute Gasteiger partial charge is 0.164 e. The third kappa shape index (κ3) is 2.60. The Labute approximate surface area is 101 Å². The number of hydrogen-bond donors (Lipinski definition) is 1. The van der Waals surface area contributed by atoms with Gasteiger partial charge < -0.3 is 14.6 Å². The van der Waals surface area contributed by atoms with Gasteiger partial charge in [0.05, 0.1) is 14.2 Å². The Morgan fingerprint density at radius 1 is 1.31 bits per heavy atom. The fourth-order valence-electron chi connectivity index (χ4n) is 1.68. The highest BCUT2D eigenvalue weighted by Gasteiger charge is 2.15. The standard InChI is InChI=1S/C12H17ClO3/c1-8-9(5-4-6-14)12(16-3)11(15-2)7-10(8)13/h7,14H,4-6H2,1-3H3. The van der Waals surface area contributed by atoms with Gasteiger partial charge in [-0.3, -0.25) is 0 Å². The first-order valence-corrected chi connectivity index (χ1v) is 5.54. The minimum Gasteiger partial charge on any atom is -0.493 e. The summed E-state index contributed by atoms with van der Waals surface area (Å²) >= 11 is 6.11. The van der Waals surface area contributed by atoms with Crippen molar-refractivity contribution in [1.82, 2.24) is 0 Å². The van der Waals surface area contributed by atoms with E-state index in [0.29, 0.717) is 22.9 Å². The van der Waals surface area contributed by atoms with Gasteiger partial charge in [-0.05, 0) is 25.3 Å². The Kier molecular flexibility index (Phi) is 4.90. The Bertz CT molecular complexity index is 364. The first-order valence-electron chi connectivity index (χ1n) is 5.16. The number of aliphatic hydroxyl groups excluding tert-OH is 1. The van der Waals surface area contributed by atoms with Crippen LogP contribution in [0.25, 0.3) is 0 Å². The summed E-state index contributed by atoms with van der Waals surface area (Å²) < 4.78 is 10.6. The van der Waals surface area contributed by atoms with E-state index in [1.165, 1.54) is 0 Å². The van der Waals surface area contributed by atoms with Gasteiger partial charge >= 0.3 is 0 Å². The lowest BCUT2D eigenvalue weighted by atomic mass is 10.0. The van der Waals surface area contributed by atoms with Crippen LogP contribution in [0.3, 0.4) is 0 Å². The van der Waals surface area contributed by atoms with Gasteiger partial charge in [0.25, 0.3) is 0 Å². The predicted molar refractivity (Wildman–Crippen MR) is 64.7 cm³/mol. The zero-order valence-electron chi connectivity index (χ0n) is 9.84. The van der Waals surface area contributed by atoms with E-state index in [-0.39, 0.29) is 6.61 Å². The first-order chi connectivity index (χ1) is 7.65. The number of aliphatic hydroxyl groups is 1. The summed E-state index contributed by atoms with van der Waals surface area (Å²) in [4.78, 5) is 0. The molecule has 1 N–H and O–H groups in total. The highest BCUT2D eigenvalue weighted by Crippen LogP contribution is 2.38. The molecule has 3 nitrogen and oxygen atoms in total. The van der Waals surface area contributed by atoms with E-state index in [0.717, 1.165) is 17.5 Å². The Morgan fingerprint density at radius 2 is 2.00 bits per heavy atom. The van der Waals surface area contributed by atoms with Crippen LogP contribution in [-0.4, -0.2) is 25.9 Å². The Balaban J connectivity index is 3.23. The van der Waals surface area contributed by atoms with Gasteiger partial charge in [0, 0.05) is 23.3 Å². The number of hydrogen-bond acceptors (Lipinski definition) is 3. The van der Waals surface area contributed by atoms with E-state index in [4.69, 9.17) is 26.2 Å². The van der Waals surface area contributed by atoms with Crippen LogP contribution in [-0.2, 0) is 6.42 Å². The molecule has 0 aliphatic rings. The van der Waals surface area contributed by atoms with Crippen LogP contribution in [0.1, 0.15) is 17.5 Å². The lowest BCUT2D eigenvalue weighted by molar-refractivity contribution is 0.287. The second-order valence-electron chi connectivity index (χ2n) is 3.52. The van der Waals surface area contributed by atoms with E-state index >= 15 is 0 Å². The minimum absolute atomic E-state index is 0.150. The van der Waals surface area contributed by atoms with Crippen LogP contribution in [0.15, 0.2) is 6.07 Å². The molecule has 0 bridgehead atoms. The first kappa shape index (κ1) is 13.1. The fourth-order valence-corrected chi connectivity index (χ4v) is 1.90. The number of ether oxygens (including phenoxy) is 2. The second-order valence-corrected chi connectivity index (χ2v) is 3.93. The molecule has 16 heavy (non-hydrogen) atoms. The van der Waals surface area contributed by atoms with Gasteiger partial charge in [-0.1, -0.05) is 11.6 Å². The van der Waals surface area contributed by atoms with Crippen molar-refractivity contribution in [2.75, 3.05) is 20.8 Å². The van der Waals surface area contributed by atoms with Gasteiger partial charge in [0.15, 0.2) is 11.5 Å². The molecular weight excluding hydrogens is 228 g/mol. The van der Waals surface area contributed by atoms with Crippen LogP contribution in [0.5, 0.6) is 11.5 Å². The maximum atomic E-state index is 8.87. The molecule has 0 radical (unpaired) electrons. The van der Waals surface area contributed by atoms with E-state index in [1.807, 2.05) is 6.92 Å². The molecule has 0 saturated carbocycles. The fraction of sp³-hybridized carbons (Fsp3) is 0.500. The van der Waals surface area contributed by atoms with Crippen LogP contribution in [0.2, 0.25) is 5.02 Å². The predicted octanol–water partition coefficient (Wildman–Crippen LogP) is 2.59. The topological polar surface area (TPSA) is 38.7 Å². The molecule has 0 aliphatic heterocycles. The van der Waals surface area contributed by atoms with Gasteiger partial charge in [0.1, 0.15) is 0 Å². The maximum absolute atomic E-state index is 8.87. The van der Waals surface area contributed by atoms with Crippen molar-refractivity contribution in [2.24, 2.45) is 0 Å². The summed E-state index contributed by atoms with van der Waals surface area (Å²) in [6.45, 7) is 2.09. The molecule has 0 spiro atoms. The quantitative estimate of drug-likeness (QED) is 0.865. The minimum atomic E-state index is 0.150. The average Bonchev–Trinajstić information content (AvgIpc) is 2.30. The van der Waals surface area contributed by atoms with Gasteiger partial charge in [-0.25, -0.2) is 0 Å². The van der Waals surface area contributed by atoms with Crippen molar-refractivity contribution in [3.05, 3.63) is 22.2 Å². The molecule has 0 unspecified atom stereocenters. The second kappa shape index (κ2) is 5.97. The van der Waals surface area contributed by atoms with Crippen molar-refractivity contribution in [2.45, 2.75) is 19.8 Å². The van der Waals surface area contributed by atoms with Crippen molar-refractivity contribution >= 4 is 11.6 Å². The van der Waals surface area contributed by atoms with Crippen molar-refractivity contribution in [3.8, 4) is 11.5 Å². The van der Waals surface area contributed by atoms with Crippen molar-refractivity contribution in [3.63, 3.8) is 0 Å². The van der Waals surface area contributed by atoms with Gasteiger partial charge in [-0.15, -0.1) is 0 Å². The lowest BCUT2D eigenvalue weighted by Crippen LogP contribution is -2.01. The highest BCUT2D eigenvalue weighted by molar-refractivity contribution is 6.31. The van der Waals surface area contributed by atoms with Crippen LogP contribution < -0.4 is 9.47 Å². The summed E-state index contributed by atoms with van der Waals surface area (Å²) in [5.74, 6) is 1.34. The average molecular weight is 245 g/mol. The van der Waals surface area contributed by atoms with Gasteiger partial charge in [-0.2, -0.15) is 0 Å². The third-order valence-corrected chi connectivity index (χ3v) is 2.97. The molecule has 0 amide bonds. The van der Waals surface area contributed by atoms with Crippen molar-refractivity contribution < 1.29 is 14.6 Å². The summed E-state index contributed by atoms with van der Waals surface area (Å²) in [5, 5.41) is 9.53. The zero-order valence-corrected chi connectivity index (χ0v) is 10.6. The molecule has 0 heterocycles. The van der Waals surface area contributed by atoms with Crippen LogP contribution in [0, 0.1) is 6.92 Å². The van der Waals surface area contributed by atoms with E-state index in [2.05, 4.69) is 0 Å². The normalized spacial score (nSPS) is 10.3. The van der Waals surface area contributed by atoms with E-state index in [1.54, 1.807) is 20.3 Å². The molecule has 0 atom stereocenters. The number of rotatable bonds is 5. The molecule has 0 aliphatic carbocycles. The number of methoxy groups -OCH3 is 2. The monoisotopic (exact) mass is 244 g/mol. The number of halogens is 1. The summed E-state index contributed by atoms with van der Waals surface area (Å²) in [7, 11) is 3.19. The van der Waals surface area contributed by atoms with E-state index < -0.39 is 0 Å². The van der Waals surface area contributed by atoms with Crippen LogP contribution >= 0.6 is 11.6 Å². The summed E-state index contributed by atoms with van der Waals surface area (Å²) in [6, 6.07) is 1.75. The molecule has 0 aromatic heterocycles. The number of benzene rings is 1. The molecule has 1 rings (SSSR count). The molecule has 0 saturated heterocycles.